The van der Waals surface area contributed by atoms with Crippen molar-refractivity contribution in [2.24, 2.45) is 4.99 Å². The lowest BCUT2D eigenvalue weighted by Crippen LogP contribution is -2.38. The van der Waals surface area contributed by atoms with Crippen molar-refractivity contribution in [2.75, 3.05) is 54.1 Å². The molecule has 27 heavy (non-hydrogen) atoms. The Hall–Kier alpha value is -2.00. The van der Waals surface area contributed by atoms with E-state index in [4.69, 9.17) is 9.47 Å². The van der Waals surface area contributed by atoms with Gasteiger partial charge in [0.25, 0.3) is 0 Å². The Kier molecular flexibility index (Phi) is 10.6. The fraction of sp³-hybridized carbons (Fsp3) is 0.611. The van der Waals surface area contributed by atoms with Crippen LogP contribution in [-0.4, -0.2) is 71.1 Å². The van der Waals surface area contributed by atoms with E-state index >= 15 is 0 Å². The summed E-state index contributed by atoms with van der Waals surface area (Å²) in [6, 6.07) is 7.55. The van der Waals surface area contributed by atoms with Crippen molar-refractivity contribution in [1.29, 1.82) is 0 Å². The van der Waals surface area contributed by atoms with Crippen molar-refractivity contribution >= 4 is 5.96 Å². The van der Waals surface area contributed by atoms with Gasteiger partial charge in [-0.3, -0.25) is 4.99 Å². The van der Waals surface area contributed by atoms with Crippen LogP contribution in [0.4, 0.5) is 13.2 Å². The number of hydrogen-bond acceptors (Lipinski definition) is 4. The first-order valence-corrected chi connectivity index (χ1v) is 8.74. The van der Waals surface area contributed by atoms with Crippen LogP contribution in [0.3, 0.4) is 0 Å². The molecule has 0 radical (unpaired) electrons. The Bertz CT molecular complexity index is 568. The molecule has 0 fully saturated rings. The number of methoxy groups -OCH3 is 1. The van der Waals surface area contributed by atoms with E-state index in [1.807, 2.05) is 31.3 Å². The number of alkyl halides is 3. The normalized spacial score (nSPS) is 12.3. The van der Waals surface area contributed by atoms with Crippen LogP contribution in [0.15, 0.2) is 29.3 Å². The zero-order valence-electron chi connectivity index (χ0n) is 16.1. The second-order valence-electron chi connectivity index (χ2n) is 6.01. The fourth-order valence-electron chi connectivity index (χ4n) is 2.15. The highest BCUT2D eigenvalue weighted by Crippen LogP contribution is 2.18. The molecule has 0 amide bonds. The van der Waals surface area contributed by atoms with Gasteiger partial charge in [0.2, 0.25) is 0 Å². The van der Waals surface area contributed by atoms with Gasteiger partial charge in [-0.2, -0.15) is 13.2 Å². The van der Waals surface area contributed by atoms with E-state index in [0.717, 1.165) is 24.4 Å². The van der Waals surface area contributed by atoms with Gasteiger partial charge in [0.15, 0.2) is 5.96 Å². The molecule has 1 aromatic carbocycles. The molecule has 9 heteroatoms. The molecule has 1 aromatic rings. The SMILES string of the molecule is CN=C(NCCC(F)(F)F)NCc1cccc(OCCN(C)CCOC)c1. The van der Waals surface area contributed by atoms with Gasteiger partial charge in [-0.05, 0) is 24.7 Å². The van der Waals surface area contributed by atoms with Crippen molar-refractivity contribution in [2.45, 2.75) is 19.1 Å². The quantitative estimate of drug-likeness (QED) is 0.448. The average Bonchev–Trinajstić information content (AvgIpc) is 2.62. The lowest BCUT2D eigenvalue weighted by molar-refractivity contribution is -0.132. The summed E-state index contributed by atoms with van der Waals surface area (Å²) in [6.45, 7) is 3.05. The molecule has 1 rings (SSSR count). The van der Waals surface area contributed by atoms with Gasteiger partial charge in [0.1, 0.15) is 12.4 Å². The Morgan fingerprint density at radius 1 is 1.19 bits per heavy atom. The zero-order valence-corrected chi connectivity index (χ0v) is 16.1. The van der Waals surface area contributed by atoms with E-state index in [-0.39, 0.29) is 6.54 Å². The number of halogens is 3. The first-order valence-electron chi connectivity index (χ1n) is 8.74. The minimum Gasteiger partial charge on any atom is -0.492 e. The lowest BCUT2D eigenvalue weighted by atomic mass is 10.2. The third kappa shape index (κ3) is 11.3. The molecule has 0 atom stereocenters. The highest BCUT2D eigenvalue weighted by atomic mass is 19.4. The van der Waals surface area contributed by atoms with Crippen molar-refractivity contribution < 1.29 is 22.6 Å². The van der Waals surface area contributed by atoms with Gasteiger partial charge in [0.05, 0.1) is 13.0 Å². The predicted molar refractivity (Wildman–Crippen MR) is 100 cm³/mol. The van der Waals surface area contributed by atoms with E-state index in [1.54, 1.807) is 7.11 Å². The Morgan fingerprint density at radius 2 is 1.93 bits per heavy atom. The van der Waals surface area contributed by atoms with Gasteiger partial charge in [-0.15, -0.1) is 0 Å². The number of guanidine groups is 1. The van der Waals surface area contributed by atoms with E-state index in [2.05, 4.69) is 20.5 Å². The molecule has 0 heterocycles. The van der Waals surface area contributed by atoms with Crippen LogP contribution >= 0.6 is 0 Å². The molecule has 0 aliphatic rings. The Morgan fingerprint density at radius 3 is 2.59 bits per heavy atom. The van der Waals surface area contributed by atoms with Crippen LogP contribution in [0.2, 0.25) is 0 Å². The first kappa shape index (κ1) is 23.0. The monoisotopic (exact) mass is 390 g/mol. The average molecular weight is 390 g/mol. The molecule has 0 aliphatic carbocycles. The van der Waals surface area contributed by atoms with Crippen molar-refractivity contribution in [3.05, 3.63) is 29.8 Å². The molecule has 0 aliphatic heterocycles. The van der Waals surface area contributed by atoms with Gasteiger partial charge < -0.3 is 25.0 Å². The zero-order chi connectivity index (χ0) is 20.1. The standard InChI is InChI=1S/C18H29F3N4O2/c1-22-17(23-8-7-18(19,20)21)24-14-15-5-4-6-16(13-15)27-12-10-25(2)9-11-26-3/h4-6,13H,7-12,14H2,1-3H3,(H2,22,23,24). The second-order valence-corrected chi connectivity index (χ2v) is 6.01. The molecule has 154 valence electrons. The second kappa shape index (κ2) is 12.4. The molecule has 0 saturated carbocycles. The summed E-state index contributed by atoms with van der Waals surface area (Å²) in [6.07, 6.45) is -5.09. The van der Waals surface area contributed by atoms with Gasteiger partial charge >= 0.3 is 6.18 Å². The number of nitrogens with zero attached hydrogens (tertiary/aromatic N) is 2. The minimum absolute atomic E-state index is 0.219. The topological polar surface area (TPSA) is 58.1 Å². The number of benzene rings is 1. The highest BCUT2D eigenvalue weighted by molar-refractivity contribution is 5.79. The summed E-state index contributed by atoms with van der Waals surface area (Å²) in [5.74, 6) is 1.07. The summed E-state index contributed by atoms with van der Waals surface area (Å²) in [5.41, 5.74) is 0.944. The molecule has 0 bridgehead atoms. The van der Waals surface area contributed by atoms with E-state index < -0.39 is 12.6 Å². The van der Waals surface area contributed by atoms with Crippen molar-refractivity contribution in [1.82, 2.24) is 15.5 Å². The number of nitrogens with one attached hydrogen (secondary N) is 2. The summed E-state index contributed by atoms with van der Waals surface area (Å²) in [7, 11) is 5.19. The molecule has 2 N–H and O–H groups in total. The number of ether oxygens (including phenoxy) is 2. The van der Waals surface area contributed by atoms with E-state index in [0.29, 0.717) is 25.7 Å². The van der Waals surface area contributed by atoms with Gasteiger partial charge in [-0.1, -0.05) is 12.1 Å². The Balaban J connectivity index is 2.38. The Labute approximate surface area is 158 Å². The summed E-state index contributed by atoms with van der Waals surface area (Å²) in [4.78, 5) is 6.04. The molecule has 0 spiro atoms. The summed E-state index contributed by atoms with van der Waals surface area (Å²) in [5, 5.41) is 5.64. The van der Waals surface area contributed by atoms with Crippen molar-refractivity contribution in [3.8, 4) is 5.75 Å². The van der Waals surface area contributed by atoms with Crippen molar-refractivity contribution in [3.63, 3.8) is 0 Å². The van der Waals surface area contributed by atoms with Gasteiger partial charge in [-0.25, -0.2) is 0 Å². The summed E-state index contributed by atoms with van der Waals surface area (Å²) < 4.78 is 47.4. The maximum absolute atomic E-state index is 12.2. The molecule has 6 nitrogen and oxygen atoms in total. The number of likely N-dealkylation sites (N-methyl/N-ethyl adjacent to an activating group) is 1. The first-order chi connectivity index (χ1) is 12.8. The smallest absolute Gasteiger partial charge is 0.390 e. The third-order valence-corrected chi connectivity index (χ3v) is 3.70. The number of aliphatic imine (C=N–C) groups is 1. The highest BCUT2D eigenvalue weighted by Gasteiger charge is 2.26. The molecule has 0 saturated heterocycles. The fourth-order valence-corrected chi connectivity index (χ4v) is 2.15. The molecule has 0 unspecified atom stereocenters. The molecule has 0 aromatic heterocycles. The van der Waals surface area contributed by atoms with Crippen LogP contribution in [-0.2, 0) is 11.3 Å². The van der Waals surface area contributed by atoms with Crippen LogP contribution in [0.25, 0.3) is 0 Å². The van der Waals surface area contributed by atoms with Crippen LogP contribution < -0.4 is 15.4 Å². The third-order valence-electron chi connectivity index (χ3n) is 3.70. The van der Waals surface area contributed by atoms with E-state index in [9.17, 15) is 13.2 Å². The number of rotatable bonds is 11. The maximum Gasteiger partial charge on any atom is 0.390 e. The predicted octanol–water partition coefficient (Wildman–Crippen LogP) is 2.26. The van der Waals surface area contributed by atoms with Crippen LogP contribution in [0.5, 0.6) is 5.75 Å². The lowest BCUT2D eigenvalue weighted by Gasteiger charge is -2.16. The number of hydrogen-bond donors (Lipinski definition) is 2. The van der Waals surface area contributed by atoms with E-state index in [1.165, 1.54) is 7.05 Å². The minimum atomic E-state index is -4.19. The van der Waals surface area contributed by atoms with Crippen LogP contribution in [0.1, 0.15) is 12.0 Å². The van der Waals surface area contributed by atoms with Gasteiger partial charge in [0, 0.05) is 40.3 Å². The van der Waals surface area contributed by atoms with Crippen LogP contribution in [0, 0.1) is 0 Å². The summed E-state index contributed by atoms with van der Waals surface area (Å²) >= 11 is 0. The molecular weight excluding hydrogens is 361 g/mol. The molecular formula is C18H29F3N4O2. The maximum atomic E-state index is 12.2. The largest absolute Gasteiger partial charge is 0.492 e.